The van der Waals surface area contributed by atoms with Gasteiger partial charge in [0.15, 0.2) is 11.5 Å². The van der Waals surface area contributed by atoms with Gasteiger partial charge in [0.1, 0.15) is 12.4 Å². The fourth-order valence-electron chi connectivity index (χ4n) is 3.11. The van der Waals surface area contributed by atoms with Crippen molar-refractivity contribution in [3.8, 4) is 11.5 Å². The first-order valence-electron chi connectivity index (χ1n) is 10.3. The molecule has 37 heavy (non-hydrogen) atoms. The Labute approximate surface area is 216 Å². The summed E-state index contributed by atoms with van der Waals surface area (Å²) in [6.45, 7) is -0.734. The van der Waals surface area contributed by atoms with E-state index in [0.29, 0.717) is 5.75 Å². The number of carbonyl (C=O) groups is 1. The van der Waals surface area contributed by atoms with Crippen molar-refractivity contribution >= 4 is 45.1 Å². The average Bonchev–Trinajstić information content (AvgIpc) is 2.88. The Morgan fingerprint density at radius 1 is 1.11 bits per heavy atom. The standard InChI is InChI=1S/C23H20ClFN4O7S/c1-35-21-10-8-19(12-22(21)36-2)37(33,34)28(17-5-3-16(25)4-6-17)14-23(30)27-26-13-15-11-18(29(31)32)7-9-20(15)24/h3-13H,14H2,1-2H3,(H,27,30)/b26-13-. The minimum Gasteiger partial charge on any atom is -0.493 e. The lowest BCUT2D eigenvalue weighted by Gasteiger charge is -2.24. The Morgan fingerprint density at radius 2 is 1.78 bits per heavy atom. The number of amides is 1. The van der Waals surface area contributed by atoms with Gasteiger partial charge in [-0.15, -0.1) is 0 Å². The van der Waals surface area contributed by atoms with E-state index in [4.69, 9.17) is 21.1 Å². The van der Waals surface area contributed by atoms with Crippen LogP contribution in [0.4, 0.5) is 15.8 Å². The number of hydrazone groups is 1. The molecule has 0 saturated carbocycles. The maximum absolute atomic E-state index is 13.5. The summed E-state index contributed by atoms with van der Waals surface area (Å²) < 4.78 is 51.6. The van der Waals surface area contributed by atoms with Crippen LogP contribution in [0.5, 0.6) is 11.5 Å². The molecule has 3 rings (SSSR count). The molecule has 0 bridgehead atoms. The zero-order valence-corrected chi connectivity index (χ0v) is 21.0. The van der Waals surface area contributed by atoms with Gasteiger partial charge in [-0.25, -0.2) is 18.2 Å². The van der Waals surface area contributed by atoms with Crippen molar-refractivity contribution in [3.63, 3.8) is 0 Å². The Bertz CT molecular complexity index is 1450. The molecule has 0 spiro atoms. The summed E-state index contributed by atoms with van der Waals surface area (Å²) in [5.41, 5.74) is 2.09. The number of nitro groups is 1. The molecule has 0 aliphatic heterocycles. The molecule has 0 heterocycles. The van der Waals surface area contributed by atoms with Crippen LogP contribution in [0.25, 0.3) is 0 Å². The minimum atomic E-state index is -4.35. The van der Waals surface area contributed by atoms with Gasteiger partial charge in [0.25, 0.3) is 21.6 Å². The fourth-order valence-corrected chi connectivity index (χ4v) is 4.71. The molecule has 0 aliphatic rings. The topological polar surface area (TPSA) is 140 Å². The van der Waals surface area contributed by atoms with Crippen molar-refractivity contribution in [1.82, 2.24) is 5.43 Å². The van der Waals surface area contributed by atoms with Crippen LogP contribution in [0.3, 0.4) is 0 Å². The molecule has 0 saturated heterocycles. The molecule has 1 N–H and O–H groups in total. The molecule has 0 radical (unpaired) electrons. The highest BCUT2D eigenvalue weighted by atomic mass is 35.5. The first-order valence-corrected chi connectivity index (χ1v) is 12.1. The number of benzene rings is 3. The number of carbonyl (C=O) groups excluding carboxylic acids is 1. The van der Waals surface area contributed by atoms with Crippen molar-refractivity contribution in [1.29, 1.82) is 0 Å². The lowest BCUT2D eigenvalue weighted by atomic mass is 10.2. The third-order valence-corrected chi connectivity index (χ3v) is 7.04. The molecule has 11 nitrogen and oxygen atoms in total. The van der Waals surface area contributed by atoms with E-state index >= 15 is 0 Å². The Hall–Kier alpha value is -4.23. The number of ether oxygens (including phenoxy) is 2. The summed E-state index contributed by atoms with van der Waals surface area (Å²) in [6.07, 6.45) is 1.08. The number of sulfonamides is 1. The third kappa shape index (κ3) is 6.51. The predicted molar refractivity (Wildman–Crippen MR) is 134 cm³/mol. The highest BCUT2D eigenvalue weighted by Gasteiger charge is 2.28. The predicted octanol–water partition coefficient (Wildman–Crippen LogP) is 3.75. The van der Waals surface area contributed by atoms with Gasteiger partial charge in [0, 0.05) is 28.8 Å². The second-order valence-corrected chi connectivity index (χ2v) is 9.53. The number of hydrogen-bond acceptors (Lipinski definition) is 8. The maximum Gasteiger partial charge on any atom is 0.270 e. The number of rotatable bonds is 10. The van der Waals surface area contributed by atoms with Gasteiger partial charge in [-0.2, -0.15) is 5.10 Å². The van der Waals surface area contributed by atoms with Gasteiger partial charge in [-0.05, 0) is 42.5 Å². The van der Waals surface area contributed by atoms with Crippen LogP contribution < -0.4 is 19.2 Å². The summed E-state index contributed by atoms with van der Waals surface area (Å²) in [5, 5.41) is 14.8. The highest BCUT2D eigenvalue weighted by Crippen LogP contribution is 2.32. The van der Waals surface area contributed by atoms with Crippen molar-refractivity contribution in [2.45, 2.75) is 4.90 Å². The van der Waals surface area contributed by atoms with Crippen LogP contribution in [0.2, 0.25) is 5.02 Å². The van der Waals surface area contributed by atoms with Crippen LogP contribution in [0.1, 0.15) is 5.56 Å². The molecule has 3 aromatic rings. The molecular weight excluding hydrogens is 531 g/mol. The summed E-state index contributed by atoms with van der Waals surface area (Å²) in [7, 11) is -1.62. The number of hydrogen-bond donors (Lipinski definition) is 1. The van der Waals surface area contributed by atoms with E-state index in [0.717, 1.165) is 28.7 Å². The van der Waals surface area contributed by atoms with E-state index in [1.165, 1.54) is 56.7 Å². The zero-order valence-electron chi connectivity index (χ0n) is 19.4. The van der Waals surface area contributed by atoms with Crippen molar-refractivity contribution in [2.75, 3.05) is 25.1 Å². The molecule has 0 aromatic heterocycles. The first kappa shape index (κ1) is 27.4. The molecule has 14 heteroatoms. The fraction of sp³-hybridized carbons (Fsp3) is 0.130. The van der Waals surface area contributed by atoms with E-state index in [1.54, 1.807) is 0 Å². The zero-order chi connectivity index (χ0) is 27.2. The number of non-ortho nitro benzene ring substituents is 1. The molecule has 0 unspecified atom stereocenters. The SMILES string of the molecule is COc1ccc(S(=O)(=O)N(CC(=O)N/N=C\c2cc([N+](=O)[O-])ccc2Cl)c2ccc(F)cc2)cc1OC. The Kier molecular flexibility index (Phi) is 8.63. The summed E-state index contributed by atoms with van der Waals surface area (Å²) in [4.78, 5) is 22.8. The van der Waals surface area contributed by atoms with Crippen molar-refractivity contribution in [2.24, 2.45) is 5.10 Å². The van der Waals surface area contributed by atoms with Crippen LogP contribution in [0.15, 0.2) is 70.7 Å². The number of halogens is 2. The lowest BCUT2D eigenvalue weighted by molar-refractivity contribution is -0.384. The summed E-state index contributed by atoms with van der Waals surface area (Å²) in [6, 6.07) is 12.1. The van der Waals surface area contributed by atoms with Crippen LogP contribution in [-0.4, -0.2) is 46.2 Å². The summed E-state index contributed by atoms with van der Waals surface area (Å²) >= 11 is 6.00. The molecule has 194 valence electrons. The monoisotopic (exact) mass is 550 g/mol. The normalized spacial score (nSPS) is 11.2. The molecule has 3 aromatic carbocycles. The van der Waals surface area contributed by atoms with Gasteiger partial charge >= 0.3 is 0 Å². The van der Waals surface area contributed by atoms with Gasteiger partial charge in [-0.1, -0.05) is 11.6 Å². The second-order valence-electron chi connectivity index (χ2n) is 7.26. The molecule has 1 amide bonds. The Balaban J connectivity index is 1.89. The smallest absolute Gasteiger partial charge is 0.270 e. The molecular formula is C23H20ClFN4O7S. The molecule has 0 aliphatic carbocycles. The largest absolute Gasteiger partial charge is 0.493 e. The molecule has 0 fully saturated rings. The quantitative estimate of drug-likeness (QED) is 0.230. The van der Waals surface area contributed by atoms with Gasteiger partial charge in [0.2, 0.25) is 0 Å². The van der Waals surface area contributed by atoms with Crippen molar-refractivity contribution < 1.29 is 32.0 Å². The van der Waals surface area contributed by atoms with Crippen LogP contribution in [-0.2, 0) is 14.8 Å². The van der Waals surface area contributed by atoms with Crippen LogP contribution in [0, 0.1) is 15.9 Å². The van der Waals surface area contributed by atoms with E-state index in [2.05, 4.69) is 10.5 Å². The van der Waals surface area contributed by atoms with Gasteiger partial charge in [0.05, 0.1) is 35.9 Å². The van der Waals surface area contributed by atoms with Gasteiger partial charge in [-0.3, -0.25) is 19.2 Å². The van der Waals surface area contributed by atoms with E-state index < -0.39 is 33.2 Å². The summed E-state index contributed by atoms with van der Waals surface area (Å²) in [5.74, 6) is -1.02. The van der Waals surface area contributed by atoms with Crippen LogP contribution >= 0.6 is 11.6 Å². The second kappa shape index (κ2) is 11.7. The Morgan fingerprint density at radius 3 is 2.41 bits per heavy atom. The van der Waals surface area contributed by atoms with E-state index in [1.807, 2.05) is 0 Å². The number of nitro benzene ring substituents is 1. The number of nitrogens with one attached hydrogen (secondary N) is 1. The van der Waals surface area contributed by atoms with Gasteiger partial charge < -0.3 is 9.47 Å². The van der Waals surface area contributed by atoms with E-state index in [9.17, 15) is 27.7 Å². The maximum atomic E-state index is 13.5. The van der Waals surface area contributed by atoms with E-state index in [-0.39, 0.29) is 32.6 Å². The number of methoxy groups -OCH3 is 2. The first-order chi connectivity index (χ1) is 17.6. The molecule has 0 atom stereocenters. The lowest BCUT2D eigenvalue weighted by Crippen LogP contribution is -2.39. The third-order valence-electron chi connectivity index (χ3n) is 4.93. The number of anilines is 1. The van der Waals surface area contributed by atoms with Crippen molar-refractivity contribution in [3.05, 3.63) is 87.2 Å². The average molecular weight is 551 g/mol. The number of nitrogens with zero attached hydrogens (tertiary/aromatic N) is 3. The minimum absolute atomic E-state index is 0.0112. The highest BCUT2D eigenvalue weighted by molar-refractivity contribution is 7.92.